The molecule has 118 valence electrons. The first-order valence-electron chi connectivity index (χ1n) is 7.53. The Morgan fingerprint density at radius 1 is 1.17 bits per heavy atom. The zero-order chi connectivity index (χ0) is 17.3. The van der Waals surface area contributed by atoms with Crippen LogP contribution in [0.15, 0.2) is 30.3 Å². The Balaban J connectivity index is 2.23. The summed E-state index contributed by atoms with van der Waals surface area (Å²) in [5.74, 6) is -0.616. The number of nitrogens with zero attached hydrogens (tertiary/aromatic N) is 3. The number of hydrogen-bond acceptors (Lipinski definition) is 3. The fourth-order valence-corrected chi connectivity index (χ4v) is 2.99. The molecule has 0 radical (unpaired) electrons. The lowest BCUT2D eigenvalue weighted by molar-refractivity contribution is 0.0788. The van der Waals surface area contributed by atoms with Crippen molar-refractivity contribution in [3.05, 3.63) is 58.4 Å². The van der Waals surface area contributed by atoms with Gasteiger partial charge in [0, 0.05) is 25.6 Å². The highest BCUT2D eigenvalue weighted by Crippen LogP contribution is 2.34. The molecule has 1 aliphatic rings. The lowest BCUT2D eigenvalue weighted by atomic mass is 9.93. The van der Waals surface area contributed by atoms with Crippen LogP contribution >= 0.6 is 0 Å². The predicted molar refractivity (Wildman–Crippen MR) is 86.3 cm³/mol. The van der Waals surface area contributed by atoms with Crippen LogP contribution in [-0.4, -0.2) is 17.9 Å². The van der Waals surface area contributed by atoms with Crippen LogP contribution in [0.5, 0.6) is 0 Å². The van der Waals surface area contributed by atoms with Gasteiger partial charge in [-0.1, -0.05) is 6.07 Å². The van der Waals surface area contributed by atoms with Crippen molar-refractivity contribution in [3.63, 3.8) is 0 Å². The Bertz CT molecular complexity index is 921. The van der Waals surface area contributed by atoms with Gasteiger partial charge in [-0.05, 0) is 52.9 Å². The summed E-state index contributed by atoms with van der Waals surface area (Å²) in [6.07, 6.45) is 0.467. The average molecular weight is 319 g/mol. The van der Waals surface area contributed by atoms with Crippen LogP contribution < -0.4 is 0 Å². The lowest BCUT2D eigenvalue weighted by Crippen LogP contribution is -2.25. The monoisotopic (exact) mass is 319 g/mol. The van der Waals surface area contributed by atoms with Crippen LogP contribution in [0.2, 0.25) is 0 Å². The smallest absolute Gasteiger partial charge is 0.254 e. The van der Waals surface area contributed by atoms with Crippen LogP contribution in [0.1, 0.15) is 33.5 Å². The molecular formula is C19H14FN3O. The number of carbonyl (C=O) groups excluding carboxylic acids is 1. The maximum atomic E-state index is 14.4. The first-order valence-corrected chi connectivity index (χ1v) is 7.53. The number of rotatable bonds is 2. The Morgan fingerprint density at radius 3 is 2.67 bits per heavy atom. The van der Waals surface area contributed by atoms with Crippen molar-refractivity contribution in [2.45, 2.75) is 19.4 Å². The van der Waals surface area contributed by atoms with E-state index in [-0.39, 0.29) is 18.7 Å². The normalized spacial score (nSPS) is 12.7. The van der Waals surface area contributed by atoms with Crippen LogP contribution in [0.25, 0.3) is 11.1 Å². The quantitative estimate of drug-likeness (QED) is 0.852. The average Bonchev–Trinajstić information content (AvgIpc) is 2.68. The van der Waals surface area contributed by atoms with Crippen molar-refractivity contribution in [1.82, 2.24) is 4.90 Å². The summed E-state index contributed by atoms with van der Waals surface area (Å²) in [5.41, 5.74) is 3.40. The summed E-state index contributed by atoms with van der Waals surface area (Å²) in [4.78, 5) is 14.2. The summed E-state index contributed by atoms with van der Waals surface area (Å²) in [6, 6.07) is 12.1. The van der Waals surface area contributed by atoms with E-state index in [1.54, 1.807) is 36.2 Å². The van der Waals surface area contributed by atoms with E-state index in [0.29, 0.717) is 28.8 Å². The number of benzene rings is 2. The van der Waals surface area contributed by atoms with Gasteiger partial charge >= 0.3 is 0 Å². The first kappa shape index (κ1) is 15.7. The van der Waals surface area contributed by atoms with E-state index in [9.17, 15) is 9.18 Å². The molecule has 0 fully saturated rings. The van der Waals surface area contributed by atoms with E-state index >= 15 is 0 Å². The standard InChI is InChI=1S/C19H14FN3O/c1-23-11-14-7-12(10-22)4-5-15(14)16-9-18(20)13(3-2-6-21)8-17(16)19(23)24/h4-5,7-9H,2-3,11H2,1H3. The SMILES string of the molecule is CN1Cc2cc(C#N)ccc2-c2cc(F)c(CCC#N)cc2C1=O. The van der Waals surface area contributed by atoms with E-state index in [4.69, 9.17) is 10.5 Å². The van der Waals surface area contributed by atoms with Gasteiger partial charge in [-0.25, -0.2) is 4.39 Å². The van der Waals surface area contributed by atoms with E-state index in [1.165, 1.54) is 6.07 Å². The second-order valence-electron chi connectivity index (χ2n) is 5.79. The Hall–Kier alpha value is -3.18. The molecule has 1 aliphatic heterocycles. The minimum atomic E-state index is -0.420. The third-order valence-electron chi connectivity index (χ3n) is 4.20. The van der Waals surface area contributed by atoms with Gasteiger partial charge in [0.15, 0.2) is 0 Å². The second kappa shape index (κ2) is 6.14. The number of hydrogen-bond donors (Lipinski definition) is 0. The summed E-state index contributed by atoms with van der Waals surface area (Å²) in [7, 11) is 1.68. The molecule has 0 aromatic heterocycles. The second-order valence-corrected chi connectivity index (χ2v) is 5.79. The van der Waals surface area contributed by atoms with E-state index < -0.39 is 5.82 Å². The third-order valence-corrected chi connectivity index (χ3v) is 4.20. The molecule has 0 saturated carbocycles. The molecular weight excluding hydrogens is 305 g/mol. The van der Waals surface area contributed by atoms with Crippen LogP contribution in [-0.2, 0) is 13.0 Å². The molecule has 1 heterocycles. The van der Waals surface area contributed by atoms with Crippen molar-refractivity contribution in [1.29, 1.82) is 10.5 Å². The van der Waals surface area contributed by atoms with Gasteiger partial charge in [-0.15, -0.1) is 0 Å². The molecule has 0 atom stereocenters. The molecule has 1 amide bonds. The van der Waals surface area contributed by atoms with E-state index in [2.05, 4.69) is 6.07 Å². The maximum Gasteiger partial charge on any atom is 0.254 e. The molecule has 2 aromatic carbocycles. The van der Waals surface area contributed by atoms with Crippen LogP contribution in [0.4, 0.5) is 4.39 Å². The fraction of sp³-hybridized carbons (Fsp3) is 0.211. The van der Waals surface area contributed by atoms with Gasteiger partial charge in [0.1, 0.15) is 5.82 Å². The lowest BCUT2D eigenvalue weighted by Gasteiger charge is -2.15. The molecule has 0 unspecified atom stereocenters. The van der Waals surface area contributed by atoms with Gasteiger partial charge in [0.25, 0.3) is 5.91 Å². The Kier molecular flexibility index (Phi) is 4.02. The Labute approximate surface area is 139 Å². The Morgan fingerprint density at radius 2 is 1.96 bits per heavy atom. The number of aryl methyl sites for hydroxylation is 1. The largest absolute Gasteiger partial charge is 0.337 e. The molecule has 3 rings (SSSR count). The van der Waals surface area contributed by atoms with Gasteiger partial charge in [0.2, 0.25) is 0 Å². The highest BCUT2D eigenvalue weighted by molar-refractivity contribution is 6.02. The zero-order valence-electron chi connectivity index (χ0n) is 13.1. The zero-order valence-corrected chi connectivity index (χ0v) is 13.1. The van der Waals surface area contributed by atoms with Crippen molar-refractivity contribution < 1.29 is 9.18 Å². The molecule has 0 spiro atoms. The van der Waals surface area contributed by atoms with Crippen molar-refractivity contribution in [2.24, 2.45) is 0 Å². The predicted octanol–water partition coefficient (Wildman–Crippen LogP) is 3.41. The minimum Gasteiger partial charge on any atom is -0.337 e. The molecule has 0 saturated heterocycles. The van der Waals surface area contributed by atoms with E-state index in [0.717, 1.165) is 11.1 Å². The molecule has 0 bridgehead atoms. The van der Waals surface area contributed by atoms with Crippen LogP contribution in [0.3, 0.4) is 0 Å². The van der Waals surface area contributed by atoms with Gasteiger partial charge in [-0.2, -0.15) is 10.5 Å². The van der Waals surface area contributed by atoms with Crippen molar-refractivity contribution >= 4 is 5.91 Å². The fourth-order valence-electron chi connectivity index (χ4n) is 2.99. The topological polar surface area (TPSA) is 67.9 Å². The summed E-state index contributed by atoms with van der Waals surface area (Å²) in [5, 5.41) is 17.8. The number of nitriles is 2. The van der Waals surface area contributed by atoms with Crippen molar-refractivity contribution in [3.8, 4) is 23.3 Å². The maximum absolute atomic E-state index is 14.4. The van der Waals surface area contributed by atoms with Crippen LogP contribution in [0, 0.1) is 28.5 Å². The summed E-state index contributed by atoms with van der Waals surface area (Å²) < 4.78 is 14.4. The van der Waals surface area contributed by atoms with Gasteiger partial charge in [-0.3, -0.25) is 4.79 Å². The highest BCUT2D eigenvalue weighted by atomic mass is 19.1. The molecule has 2 aromatic rings. The number of halogens is 1. The summed E-state index contributed by atoms with van der Waals surface area (Å²) >= 11 is 0. The summed E-state index contributed by atoms with van der Waals surface area (Å²) in [6.45, 7) is 0.355. The molecule has 4 nitrogen and oxygen atoms in total. The van der Waals surface area contributed by atoms with Gasteiger partial charge < -0.3 is 4.90 Å². The molecule has 5 heteroatoms. The molecule has 0 N–H and O–H groups in total. The van der Waals surface area contributed by atoms with Crippen molar-refractivity contribution in [2.75, 3.05) is 7.05 Å². The number of carbonyl (C=O) groups is 1. The highest BCUT2D eigenvalue weighted by Gasteiger charge is 2.25. The number of fused-ring (bicyclic) bond motifs is 3. The third kappa shape index (κ3) is 2.61. The molecule has 0 aliphatic carbocycles. The van der Waals surface area contributed by atoms with E-state index in [1.807, 2.05) is 6.07 Å². The first-order chi connectivity index (χ1) is 11.5. The number of amides is 1. The molecule has 24 heavy (non-hydrogen) atoms. The minimum absolute atomic E-state index is 0.196. The van der Waals surface area contributed by atoms with Gasteiger partial charge in [0.05, 0.1) is 17.7 Å².